The van der Waals surface area contributed by atoms with E-state index in [1.54, 1.807) is 0 Å². The lowest BCUT2D eigenvalue weighted by molar-refractivity contribution is 0.319. The lowest BCUT2D eigenvalue weighted by Gasteiger charge is -2.24. The monoisotopic (exact) mass is 394 g/mol. The summed E-state index contributed by atoms with van der Waals surface area (Å²) in [7, 11) is 0.00212. The summed E-state index contributed by atoms with van der Waals surface area (Å²) in [6.07, 6.45) is 3.71. The van der Waals surface area contributed by atoms with E-state index in [4.69, 9.17) is 0 Å². The molecule has 0 bridgehead atoms. The third-order valence-electron chi connectivity index (χ3n) is 5.56. The minimum absolute atomic E-state index is 0.00467. The first-order valence-electron chi connectivity index (χ1n) is 9.87. The van der Waals surface area contributed by atoms with E-state index >= 15 is 0 Å². The summed E-state index contributed by atoms with van der Waals surface area (Å²) in [5.41, 5.74) is 1.84. The molecule has 0 amide bonds. The van der Waals surface area contributed by atoms with Crippen molar-refractivity contribution in [1.29, 1.82) is 0 Å². The number of nitrogens with zero attached hydrogens (tertiary/aromatic N) is 2. The van der Waals surface area contributed by atoms with Crippen molar-refractivity contribution in [2.24, 2.45) is 16.8 Å². The van der Waals surface area contributed by atoms with Crippen LogP contribution in [0.1, 0.15) is 44.2 Å². The standard InChI is InChI=1S/C20H34N4O2S/c1-5-18(6-2)19-10-11-24(14-19)20(21-3)23-13-16-8-7-9-17(12-16)15-27(25,26)22-4/h7-9,12,18-19,22H,5-6,10-11,13-15H2,1-4H3,(H,21,23). The molecule has 1 unspecified atom stereocenters. The molecule has 7 heteroatoms. The van der Waals surface area contributed by atoms with Crippen molar-refractivity contribution in [1.82, 2.24) is 14.9 Å². The highest BCUT2D eigenvalue weighted by atomic mass is 32.2. The van der Waals surface area contributed by atoms with Gasteiger partial charge < -0.3 is 10.2 Å². The Morgan fingerprint density at radius 2 is 2.00 bits per heavy atom. The fourth-order valence-electron chi connectivity index (χ4n) is 3.95. The van der Waals surface area contributed by atoms with E-state index in [-0.39, 0.29) is 5.75 Å². The van der Waals surface area contributed by atoms with Crippen LogP contribution in [0.3, 0.4) is 0 Å². The average Bonchev–Trinajstić information content (AvgIpc) is 3.13. The van der Waals surface area contributed by atoms with Crippen molar-refractivity contribution >= 4 is 16.0 Å². The maximum absolute atomic E-state index is 11.7. The normalized spacial score (nSPS) is 18.3. The Hall–Kier alpha value is -1.60. The second kappa shape index (κ2) is 10.1. The SMILES string of the molecule is CCC(CC)C1CCN(C(=NC)NCc2cccc(CS(=O)(=O)NC)c2)C1. The van der Waals surface area contributed by atoms with Crippen molar-refractivity contribution in [3.8, 4) is 0 Å². The van der Waals surface area contributed by atoms with Crippen LogP contribution in [0.15, 0.2) is 29.3 Å². The number of hydrogen-bond donors (Lipinski definition) is 2. The first-order valence-corrected chi connectivity index (χ1v) is 11.5. The zero-order valence-electron chi connectivity index (χ0n) is 17.0. The zero-order chi connectivity index (χ0) is 19.9. The average molecular weight is 395 g/mol. The summed E-state index contributed by atoms with van der Waals surface area (Å²) in [6, 6.07) is 7.69. The van der Waals surface area contributed by atoms with E-state index in [2.05, 4.69) is 33.8 Å². The van der Waals surface area contributed by atoms with Crippen molar-refractivity contribution in [3.05, 3.63) is 35.4 Å². The van der Waals surface area contributed by atoms with Crippen LogP contribution >= 0.6 is 0 Å². The molecular weight excluding hydrogens is 360 g/mol. The van der Waals surface area contributed by atoms with E-state index in [0.29, 0.717) is 6.54 Å². The summed E-state index contributed by atoms with van der Waals surface area (Å²) in [5, 5.41) is 3.44. The van der Waals surface area contributed by atoms with Gasteiger partial charge in [0.25, 0.3) is 0 Å². The Bertz CT molecular complexity index is 729. The number of nitrogens with one attached hydrogen (secondary N) is 2. The fourth-order valence-corrected chi connectivity index (χ4v) is 4.72. The van der Waals surface area contributed by atoms with Gasteiger partial charge in [-0.25, -0.2) is 13.1 Å². The van der Waals surface area contributed by atoms with Gasteiger partial charge in [-0.3, -0.25) is 4.99 Å². The van der Waals surface area contributed by atoms with Crippen LogP contribution in [0, 0.1) is 11.8 Å². The molecule has 0 spiro atoms. The molecular formula is C20H34N4O2S. The molecule has 152 valence electrons. The van der Waals surface area contributed by atoms with Gasteiger partial charge in [-0.1, -0.05) is 51.0 Å². The highest BCUT2D eigenvalue weighted by Gasteiger charge is 2.29. The fraction of sp³-hybridized carbons (Fsp3) is 0.650. The van der Waals surface area contributed by atoms with Gasteiger partial charge in [0.15, 0.2) is 5.96 Å². The van der Waals surface area contributed by atoms with Crippen LogP contribution in [0.25, 0.3) is 0 Å². The van der Waals surface area contributed by atoms with Crippen LogP contribution < -0.4 is 10.0 Å². The van der Waals surface area contributed by atoms with E-state index in [1.807, 2.05) is 31.3 Å². The molecule has 1 aromatic carbocycles. The smallest absolute Gasteiger partial charge is 0.215 e. The summed E-state index contributed by atoms with van der Waals surface area (Å²) in [4.78, 5) is 6.80. The minimum Gasteiger partial charge on any atom is -0.352 e. The summed E-state index contributed by atoms with van der Waals surface area (Å²) >= 11 is 0. The first-order chi connectivity index (χ1) is 12.9. The number of likely N-dealkylation sites (tertiary alicyclic amines) is 1. The highest BCUT2D eigenvalue weighted by Crippen LogP contribution is 2.28. The lowest BCUT2D eigenvalue weighted by atomic mass is 9.87. The van der Waals surface area contributed by atoms with Gasteiger partial charge in [-0.15, -0.1) is 0 Å². The number of rotatable bonds is 8. The van der Waals surface area contributed by atoms with Crippen LogP contribution in [0.4, 0.5) is 0 Å². The van der Waals surface area contributed by atoms with Crippen molar-refractivity contribution < 1.29 is 8.42 Å². The predicted molar refractivity (Wildman–Crippen MR) is 112 cm³/mol. The highest BCUT2D eigenvalue weighted by molar-refractivity contribution is 7.88. The molecule has 0 radical (unpaired) electrons. The van der Waals surface area contributed by atoms with E-state index in [0.717, 1.165) is 42.0 Å². The number of sulfonamides is 1. The molecule has 1 fully saturated rings. The number of benzene rings is 1. The van der Waals surface area contributed by atoms with Crippen LogP contribution in [-0.2, 0) is 22.3 Å². The van der Waals surface area contributed by atoms with Gasteiger partial charge in [0, 0.05) is 26.7 Å². The van der Waals surface area contributed by atoms with Gasteiger partial charge in [-0.05, 0) is 36.4 Å². The molecule has 27 heavy (non-hydrogen) atoms. The third-order valence-corrected chi connectivity index (χ3v) is 6.90. The molecule has 1 atom stereocenters. The molecule has 0 aliphatic carbocycles. The number of hydrogen-bond acceptors (Lipinski definition) is 3. The number of guanidine groups is 1. The summed E-state index contributed by atoms with van der Waals surface area (Å²) in [6.45, 7) is 7.30. The minimum atomic E-state index is -3.26. The van der Waals surface area contributed by atoms with Gasteiger partial charge in [0.1, 0.15) is 0 Å². The molecule has 1 aromatic rings. The van der Waals surface area contributed by atoms with E-state index in [1.165, 1.54) is 26.3 Å². The largest absolute Gasteiger partial charge is 0.352 e. The molecule has 1 heterocycles. The van der Waals surface area contributed by atoms with Crippen molar-refractivity contribution in [3.63, 3.8) is 0 Å². The zero-order valence-corrected chi connectivity index (χ0v) is 17.8. The first kappa shape index (κ1) is 21.7. The molecule has 1 aliphatic heterocycles. The van der Waals surface area contributed by atoms with Crippen molar-refractivity contribution in [2.75, 3.05) is 27.2 Å². The molecule has 0 aromatic heterocycles. The van der Waals surface area contributed by atoms with Gasteiger partial charge in [-0.2, -0.15) is 0 Å². The quantitative estimate of drug-likeness (QED) is 0.525. The second-order valence-corrected chi connectivity index (χ2v) is 9.18. The molecule has 6 nitrogen and oxygen atoms in total. The Kier molecular flexibility index (Phi) is 8.10. The Morgan fingerprint density at radius 1 is 1.30 bits per heavy atom. The molecule has 2 rings (SSSR count). The Labute approximate surface area is 164 Å². The van der Waals surface area contributed by atoms with Crippen LogP contribution in [-0.4, -0.2) is 46.5 Å². The van der Waals surface area contributed by atoms with Crippen LogP contribution in [0.2, 0.25) is 0 Å². The maximum atomic E-state index is 11.7. The van der Waals surface area contributed by atoms with Gasteiger partial charge in [0.05, 0.1) is 5.75 Å². The summed E-state index contributed by atoms with van der Waals surface area (Å²) < 4.78 is 25.9. The van der Waals surface area contributed by atoms with Gasteiger partial charge >= 0.3 is 0 Å². The summed E-state index contributed by atoms with van der Waals surface area (Å²) in [5.74, 6) is 2.46. The maximum Gasteiger partial charge on any atom is 0.215 e. The van der Waals surface area contributed by atoms with E-state index in [9.17, 15) is 8.42 Å². The Morgan fingerprint density at radius 3 is 2.63 bits per heavy atom. The molecule has 1 aliphatic rings. The number of aliphatic imine (C=N–C) groups is 1. The predicted octanol–water partition coefficient (Wildman–Crippen LogP) is 2.57. The van der Waals surface area contributed by atoms with Gasteiger partial charge in [0.2, 0.25) is 10.0 Å². The Balaban J connectivity index is 1.95. The van der Waals surface area contributed by atoms with E-state index < -0.39 is 10.0 Å². The topological polar surface area (TPSA) is 73.8 Å². The van der Waals surface area contributed by atoms with Crippen molar-refractivity contribution in [2.45, 2.75) is 45.4 Å². The third kappa shape index (κ3) is 6.21. The molecule has 2 N–H and O–H groups in total. The molecule has 0 saturated carbocycles. The second-order valence-electron chi connectivity index (χ2n) is 7.26. The van der Waals surface area contributed by atoms with Crippen LogP contribution in [0.5, 0.6) is 0 Å². The molecule has 1 saturated heterocycles. The lowest BCUT2D eigenvalue weighted by Crippen LogP contribution is -2.40.